The number of aliphatic hydroxyl groups is 1. The van der Waals surface area contributed by atoms with Crippen LogP contribution in [-0.2, 0) is 9.59 Å². The van der Waals surface area contributed by atoms with Gasteiger partial charge in [-0.15, -0.1) is 0 Å². The molecule has 0 aromatic carbocycles. The van der Waals surface area contributed by atoms with Crippen molar-refractivity contribution >= 4 is 11.9 Å². The number of nitrogens with one attached hydrogen (secondary N) is 1. The smallest absolute Gasteiger partial charge is 0.307 e. The van der Waals surface area contributed by atoms with Crippen molar-refractivity contribution in [3.63, 3.8) is 0 Å². The first-order valence-corrected chi connectivity index (χ1v) is 7.43. The summed E-state index contributed by atoms with van der Waals surface area (Å²) in [6.45, 7) is 0.555. The number of allylic oxidation sites excluding steroid dienone is 2. The van der Waals surface area contributed by atoms with Crippen LogP contribution in [0.1, 0.15) is 25.7 Å². The highest BCUT2D eigenvalue weighted by Crippen LogP contribution is 2.48. The van der Waals surface area contributed by atoms with Gasteiger partial charge in [0.05, 0.1) is 17.9 Å². The van der Waals surface area contributed by atoms with Gasteiger partial charge >= 0.3 is 5.97 Å². The van der Waals surface area contributed by atoms with Crippen LogP contribution in [0.2, 0.25) is 0 Å². The number of rotatable bonds is 4. The Hall–Kier alpha value is -1.36. The number of hydrogen-bond acceptors (Lipinski definition) is 3. The molecule has 2 saturated carbocycles. The van der Waals surface area contributed by atoms with E-state index in [0.717, 1.165) is 25.7 Å². The molecule has 2 fully saturated rings. The quantitative estimate of drug-likeness (QED) is 0.664. The average molecular weight is 279 g/mol. The summed E-state index contributed by atoms with van der Waals surface area (Å²) in [6, 6.07) is 0. The van der Waals surface area contributed by atoms with Crippen molar-refractivity contribution < 1.29 is 19.8 Å². The number of amides is 1. The lowest BCUT2D eigenvalue weighted by Gasteiger charge is -2.24. The zero-order valence-electron chi connectivity index (χ0n) is 11.4. The first-order chi connectivity index (χ1) is 9.56. The maximum atomic E-state index is 12.3. The number of carbonyl (C=O) groups is 2. The summed E-state index contributed by atoms with van der Waals surface area (Å²) in [5.41, 5.74) is 0. The number of aliphatic hydroxyl groups excluding tert-OH is 1. The van der Waals surface area contributed by atoms with E-state index in [-0.39, 0.29) is 23.8 Å². The maximum absolute atomic E-state index is 12.3. The third-order valence-electron chi connectivity index (χ3n) is 5.13. The first-order valence-electron chi connectivity index (χ1n) is 7.43. The molecule has 5 heteroatoms. The van der Waals surface area contributed by atoms with Gasteiger partial charge in [-0.25, -0.2) is 0 Å². The van der Waals surface area contributed by atoms with Gasteiger partial charge in [0.15, 0.2) is 0 Å². The predicted octanol–water partition coefficient (Wildman–Crippen LogP) is 0.786. The molecule has 0 heterocycles. The molecular weight excluding hydrogens is 258 g/mol. The van der Waals surface area contributed by atoms with E-state index in [1.165, 1.54) is 0 Å². The van der Waals surface area contributed by atoms with Crippen LogP contribution in [0, 0.1) is 29.6 Å². The van der Waals surface area contributed by atoms with Gasteiger partial charge in [-0.05, 0) is 43.4 Å². The average Bonchev–Trinajstić information content (AvgIpc) is 3.10. The second-order valence-electron chi connectivity index (χ2n) is 6.42. The Morgan fingerprint density at radius 2 is 1.80 bits per heavy atom. The molecule has 4 unspecified atom stereocenters. The lowest BCUT2D eigenvalue weighted by molar-refractivity contribution is -0.147. The van der Waals surface area contributed by atoms with Crippen LogP contribution in [0.25, 0.3) is 0 Å². The van der Waals surface area contributed by atoms with Crippen molar-refractivity contribution in [3.05, 3.63) is 12.2 Å². The summed E-state index contributed by atoms with van der Waals surface area (Å²) in [4.78, 5) is 23.7. The minimum atomic E-state index is -0.863. The van der Waals surface area contributed by atoms with E-state index in [1.807, 2.05) is 12.2 Å². The topological polar surface area (TPSA) is 86.6 Å². The number of carboxylic acids is 1. The van der Waals surface area contributed by atoms with Crippen molar-refractivity contribution in [2.45, 2.75) is 31.8 Å². The van der Waals surface area contributed by atoms with E-state index >= 15 is 0 Å². The first kappa shape index (κ1) is 13.6. The molecule has 6 atom stereocenters. The molecule has 0 aliphatic heterocycles. The molecule has 0 radical (unpaired) electrons. The Morgan fingerprint density at radius 1 is 1.10 bits per heavy atom. The normalized spacial score (nSPS) is 42.0. The molecule has 3 aliphatic rings. The Labute approximate surface area is 118 Å². The van der Waals surface area contributed by atoms with E-state index in [0.29, 0.717) is 12.5 Å². The minimum absolute atomic E-state index is 0.0153. The monoisotopic (exact) mass is 279 g/mol. The van der Waals surface area contributed by atoms with Crippen LogP contribution in [0.15, 0.2) is 12.2 Å². The third kappa shape index (κ3) is 2.35. The summed E-state index contributed by atoms with van der Waals surface area (Å²) in [5, 5.41) is 21.7. The highest BCUT2D eigenvalue weighted by Gasteiger charge is 2.51. The van der Waals surface area contributed by atoms with Gasteiger partial charge in [-0.2, -0.15) is 0 Å². The molecule has 3 N–H and O–H groups in total. The Bertz CT molecular complexity index is 447. The molecule has 0 aromatic heterocycles. The molecule has 2 bridgehead atoms. The third-order valence-corrected chi connectivity index (χ3v) is 5.13. The van der Waals surface area contributed by atoms with Crippen molar-refractivity contribution in [3.8, 4) is 0 Å². The molecule has 110 valence electrons. The van der Waals surface area contributed by atoms with E-state index in [9.17, 15) is 19.8 Å². The van der Waals surface area contributed by atoms with Gasteiger partial charge in [0.2, 0.25) is 5.91 Å². The number of carboxylic acid groups (broad SMARTS) is 1. The number of hydrogen-bond donors (Lipinski definition) is 3. The fourth-order valence-corrected chi connectivity index (χ4v) is 4.11. The highest BCUT2D eigenvalue weighted by molar-refractivity contribution is 5.86. The number of fused-ring (bicyclic) bond motifs is 2. The van der Waals surface area contributed by atoms with Crippen LogP contribution in [-0.4, -0.2) is 34.7 Å². The van der Waals surface area contributed by atoms with E-state index in [4.69, 9.17) is 0 Å². The Kier molecular flexibility index (Phi) is 3.54. The van der Waals surface area contributed by atoms with E-state index in [1.54, 1.807) is 0 Å². The van der Waals surface area contributed by atoms with Gasteiger partial charge in [-0.1, -0.05) is 12.2 Å². The predicted molar refractivity (Wildman–Crippen MR) is 71.7 cm³/mol. The maximum Gasteiger partial charge on any atom is 0.307 e. The summed E-state index contributed by atoms with van der Waals surface area (Å²) in [7, 11) is 0. The molecule has 0 aromatic rings. The van der Waals surface area contributed by atoms with Crippen molar-refractivity contribution in [2.75, 3.05) is 6.54 Å². The SMILES string of the molecule is O=C(O)[C@@H]1C2C=CC(C2)[C@@H]1C(=O)NCC1CCC(O)C1. The zero-order chi connectivity index (χ0) is 14.3. The largest absolute Gasteiger partial charge is 0.481 e. The molecule has 5 nitrogen and oxygen atoms in total. The number of carbonyl (C=O) groups excluding carboxylic acids is 1. The second-order valence-corrected chi connectivity index (χ2v) is 6.42. The van der Waals surface area contributed by atoms with Gasteiger partial charge in [0, 0.05) is 6.54 Å². The summed E-state index contributed by atoms with van der Waals surface area (Å²) >= 11 is 0. The number of aliphatic carboxylic acids is 1. The standard InChI is InChI=1S/C15H21NO4/c17-11-4-1-8(5-11)7-16-14(18)12-9-2-3-10(6-9)13(12)15(19)20/h2-3,8-13,17H,1,4-7H2,(H,16,18)(H,19,20)/t8?,9?,10?,11?,12-,13+/m0/s1. The summed E-state index contributed by atoms with van der Waals surface area (Å²) in [5.74, 6) is -1.56. The van der Waals surface area contributed by atoms with E-state index in [2.05, 4.69) is 5.32 Å². The van der Waals surface area contributed by atoms with Gasteiger partial charge in [0.1, 0.15) is 0 Å². The second kappa shape index (κ2) is 5.20. The molecular formula is C15H21NO4. The lowest BCUT2D eigenvalue weighted by Crippen LogP contribution is -2.41. The Morgan fingerprint density at radius 3 is 2.40 bits per heavy atom. The summed E-state index contributed by atoms with van der Waals surface area (Å²) < 4.78 is 0. The minimum Gasteiger partial charge on any atom is -0.481 e. The van der Waals surface area contributed by atoms with Gasteiger partial charge in [-0.3, -0.25) is 9.59 Å². The van der Waals surface area contributed by atoms with E-state index < -0.39 is 17.8 Å². The van der Waals surface area contributed by atoms with Gasteiger partial charge in [0.25, 0.3) is 0 Å². The van der Waals surface area contributed by atoms with Crippen LogP contribution in [0.3, 0.4) is 0 Å². The molecule has 0 saturated heterocycles. The fourth-order valence-electron chi connectivity index (χ4n) is 4.11. The molecule has 20 heavy (non-hydrogen) atoms. The van der Waals surface area contributed by atoms with Crippen molar-refractivity contribution in [1.29, 1.82) is 0 Å². The van der Waals surface area contributed by atoms with Crippen molar-refractivity contribution in [2.24, 2.45) is 29.6 Å². The molecule has 3 rings (SSSR count). The highest BCUT2D eigenvalue weighted by atomic mass is 16.4. The molecule has 3 aliphatic carbocycles. The zero-order valence-corrected chi connectivity index (χ0v) is 11.4. The fraction of sp³-hybridized carbons (Fsp3) is 0.733. The lowest BCUT2D eigenvalue weighted by atomic mass is 9.82. The van der Waals surface area contributed by atoms with Crippen LogP contribution in [0.5, 0.6) is 0 Å². The molecule has 0 spiro atoms. The van der Waals surface area contributed by atoms with Crippen LogP contribution >= 0.6 is 0 Å². The molecule has 1 amide bonds. The summed E-state index contributed by atoms with van der Waals surface area (Å²) in [6.07, 6.45) is 6.95. The van der Waals surface area contributed by atoms with Crippen LogP contribution < -0.4 is 5.32 Å². The Balaban J connectivity index is 1.59. The van der Waals surface area contributed by atoms with Gasteiger partial charge < -0.3 is 15.5 Å². The van der Waals surface area contributed by atoms with Crippen molar-refractivity contribution in [1.82, 2.24) is 5.32 Å². The van der Waals surface area contributed by atoms with Crippen LogP contribution in [0.4, 0.5) is 0 Å².